The van der Waals surface area contributed by atoms with Crippen LogP contribution in [0.5, 0.6) is 5.75 Å². The molecule has 1 aromatic carbocycles. The van der Waals surface area contributed by atoms with Crippen molar-refractivity contribution in [3.63, 3.8) is 0 Å². The number of anilines is 1. The molecule has 2 saturated heterocycles. The van der Waals surface area contributed by atoms with Gasteiger partial charge in [-0.3, -0.25) is 4.79 Å². The van der Waals surface area contributed by atoms with Crippen molar-refractivity contribution in [2.45, 2.75) is 35.5 Å². The molecule has 12 nitrogen and oxygen atoms in total. The zero-order valence-corrected chi connectivity index (χ0v) is 19.8. The minimum absolute atomic E-state index is 0.00198. The molecule has 1 N–H and O–H groups in total. The van der Waals surface area contributed by atoms with Crippen LogP contribution in [-0.2, 0) is 30.8 Å². The molecular weight excluding hydrogens is 472 g/mol. The first-order valence-electron chi connectivity index (χ1n) is 10.5. The van der Waals surface area contributed by atoms with E-state index < -0.39 is 10.0 Å². The third-order valence-corrected chi connectivity index (χ3v) is 8.14. The number of nitrogens with zero attached hydrogens (tertiary/aromatic N) is 5. The predicted molar refractivity (Wildman–Crippen MR) is 119 cm³/mol. The summed E-state index contributed by atoms with van der Waals surface area (Å²) in [5.74, 6) is -0.0440. The largest absolute Gasteiger partial charge is 0.495 e. The minimum Gasteiger partial charge on any atom is -0.495 e. The van der Waals surface area contributed by atoms with Crippen LogP contribution in [-0.4, -0.2) is 90.7 Å². The van der Waals surface area contributed by atoms with E-state index in [2.05, 4.69) is 20.8 Å². The molecule has 2 aliphatic rings. The second kappa shape index (κ2) is 10.8. The van der Waals surface area contributed by atoms with Crippen molar-refractivity contribution in [1.29, 1.82) is 0 Å². The maximum absolute atomic E-state index is 13.1. The fraction of sp³-hybridized carbons (Fsp3) is 0.579. The summed E-state index contributed by atoms with van der Waals surface area (Å²) in [5.41, 5.74) is 0.354. The van der Waals surface area contributed by atoms with Gasteiger partial charge in [0.15, 0.2) is 0 Å². The van der Waals surface area contributed by atoms with Crippen LogP contribution in [0.25, 0.3) is 0 Å². The highest BCUT2D eigenvalue weighted by molar-refractivity contribution is 7.99. The number of nitrogens with one attached hydrogen (secondary N) is 1. The van der Waals surface area contributed by atoms with Gasteiger partial charge in [-0.15, -0.1) is 5.10 Å². The molecule has 3 heterocycles. The highest BCUT2D eigenvalue weighted by Crippen LogP contribution is 2.30. The topological polar surface area (TPSA) is 138 Å². The van der Waals surface area contributed by atoms with E-state index in [1.165, 1.54) is 35.3 Å². The van der Waals surface area contributed by atoms with Crippen molar-refractivity contribution in [1.82, 2.24) is 24.5 Å². The maximum atomic E-state index is 13.1. The Balaban J connectivity index is 1.40. The van der Waals surface area contributed by atoms with Gasteiger partial charge in [0.2, 0.25) is 21.1 Å². The van der Waals surface area contributed by atoms with E-state index in [1.807, 2.05) is 0 Å². The van der Waals surface area contributed by atoms with Crippen molar-refractivity contribution >= 4 is 33.4 Å². The highest BCUT2D eigenvalue weighted by atomic mass is 32.2. The van der Waals surface area contributed by atoms with Crippen LogP contribution >= 0.6 is 11.8 Å². The van der Waals surface area contributed by atoms with Gasteiger partial charge in [-0.2, -0.15) is 4.31 Å². The summed E-state index contributed by atoms with van der Waals surface area (Å²) >= 11 is 1.20. The van der Waals surface area contributed by atoms with E-state index in [1.54, 1.807) is 10.7 Å². The molecular formula is C19H26N6O6S2. The Kier molecular flexibility index (Phi) is 7.80. The van der Waals surface area contributed by atoms with Crippen molar-refractivity contribution < 1.29 is 27.4 Å². The molecule has 33 heavy (non-hydrogen) atoms. The number of carbonyl (C=O) groups excluding carboxylic acids is 1. The van der Waals surface area contributed by atoms with Gasteiger partial charge in [0.25, 0.3) is 0 Å². The first-order valence-corrected chi connectivity index (χ1v) is 13.0. The number of hydrogen-bond acceptors (Lipinski definition) is 10. The lowest BCUT2D eigenvalue weighted by molar-refractivity contribution is -0.113. The molecule has 0 radical (unpaired) electrons. The van der Waals surface area contributed by atoms with Gasteiger partial charge in [0, 0.05) is 25.4 Å². The smallest absolute Gasteiger partial charge is 0.246 e. The molecule has 2 aliphatic heterocycles. The normalized spacial score (nSPS) is 19.5. The fourth-order valence-electron chi connectivity index (χ4n) is 3.60. The molecule has 0 saturated carbocycles. The summed E-state index contributed by atoms with van der Waals surface area (Å²) in [7, 11) is -2.39. The summed E-state index contributed by atoms with van der Waals surface area (Å²) in [4.78, 5) is 12.5. The zero-order chi connectivity index (χ0) is 23.3. The number of amides is 1. The van der Waals surface area contributed by atoms with Gasteiger partial charge in [-0.1, -0.05) is 11.8 Å². The van der Waals surface area contributed by atoms with Crippen LogP contribution in [0.4, 0.5) is 5.69 Å². The van der Waals surface area contributed by atoms with E-state index in [-0.39, 0.29) is 41.5 Å². The monoisotopic (exact) mass is 498 g/mol. The maximum Gasteiger partial charge on any atom is 0.246 e. The van der Waals surface area contributed by atoms with Gasteiger partial charge in [0.1, 0.15) is 10.6 Å². The van der Waals surface area contributed by atoms with Crippen LogP contribution in [0, 0.1) is 0 Å². The van der Waals surface area contributed by atoms with Crippen molar-refractivity contribution in [2.24, 2.45) is 0 Å². The Bertz CT molecular complexity index is 1070. The number of benzene rings is 1. The number of thioether (sulfide) groups is 1. The quantitative estimate of drug-likeness (QED) is 0.490. The van der Waals surface area contributed by atoms with Crippen molar-refractivity contribution in [3.05, 3.63) is 18.2 Å². The summed E-state index contributed by atoms with van der Waals surface area (Å²) < 4.78 is 45.3. The van der Waals surface area contributed by atoms with Gasteiger partial charge in [0.05, 0.1) is 38.7 Å². The third-order valence-electron chi connectivity index (χ3n) is 5.27. The summed E-state index contributed by atoms with van der Waals surface area (Å²) in [6.07, 6.45) is 2.05. The average Bonchev–Trinajstić information content (AvgIpc) is 3.51. The van der Waals surface area contributed by atoms with E-state index in [0.717, 1.165) is 19.4 Å². The third kappa shape index (κ3) is 5.81. The molecule has 4 rings (SSSR count). The van der Waals surface area contributed by atoms with Gasteiger partial charge in [-0.05, 0) is 41.5 Å². The molecule has 2 fully saturated rings. The molecule has 0 aliphatic carbocycles. The van der Waals surface area contributed by atoms with Gasteiger partial charge in [-0.25, -0.2) is 13.1 Å². The number of ether oxygens (including phenoxy) is 3. The standard InChI is InChI=1S/C19H26N6O6S2/c1-29-16-5-4-14(11-17(16)33(27,28)24-6-9-30-10-7-24)20-18(26)13-32-19-21-22-23-25(19)12-15-3-2-8-31-15/h4-5,11,15H,2-3,6-10,12-13H2,1H3,(H,20,26)/t15-/m1/s1. The number of carbonyl (C=O) groups is 1. The summed E-state index contributed by atoms with van der Waals surface area (Å²) in [5, 5.41) is 14.9. The summed E-state index contributed by atoms with van der Waals surface area (Å²) in [6.45, 7) is 2.47. The Morgan fingerprint density at radius 2 is 2.12 bits per heavy atom. The summed E-state index contributed by atoms with van der Waals surface area (Å²) in [6, 6.07) is 4.53. The number of aromatic nitrogens is 4. The molecule has 0 bridgehead atoms. The molecule has 1 amide bonds. The predicted octanol–water partition coefficient (Wildman–Crippen LogP) is 0.612. The Hall–Kier alpha value is -2.26. The van der Waals surface area contributed by atoms with E-state index in [0.29, 0.717) is 30.6 Å². The van der Waals surface area contributed by atoms with Crippen molar-refractivity contribution in [3.8, 4) is 5.75 Å². The minimum atomic E-state index is -3.80. The van der Waals surface area contributed by atoms with Crippen LogP contribution < -0.4 is 10.1 Å². The van der Waals surface area contributed by atoms with E-state index in [9.17, 15) is 13.2 Å². The second-order valence-corrected chi connectivity index (χ2v) is 10.3. The first kappa shape index (κ1) is 23.9. The lowest BCUT2D eigenvalue weighted by atomic mass is 10.2. The molecule has 2 aromatic rings. The van der Waals surface area contributed by atoms with E-state index in [4.69, 9.17) is 14.2 Å². The van der Waals surface area contributed by atoms with Crippen LogP contribution in [0.1, 0.15) is 12.8 Å². The first-order chi connectivity index (χ1) is 16.0. The van der Waals surface area contributed by atoms with Crippen molar-refractivity contribution in [2.75, 3.05) is 51.1 Å². The molecule has 180 valence electrons. The number of sulfonamides is 1. The Morgan fingerprint density at radius 1 is 1.30 bits per heavy atom. The zero-order valence-electron chi connectivity index (χ0n) is 18.2. The number of morpholine rings is 1. The lowest BCUT2D eigenvalue weighted by Crippen LogP contribution is -2.40. The Morgan fingerprint density at radius 3 is 2.85 bits per heavy atom. The number of methoxy groups -OCH3 is 1. The molecule has 14 heteroatoms. The molecule has 0 spiro atoms. The van der Waals surface area contributed by atoms with Gasteiger partial charge < -0.3 is 19.5 Å². The Labute approximate surface area is 196 Å². The fourth-order valence-corrected chi connectivity index (χ4v) is 5.88. The van der Waals surface area contributed by atoms with Gasteiger partial charge >= 0.3 is 0 Å². The highest BCUT2D eigenvalue weighted by Gasteiger charge is 2.29. The van der Waals surface area contributed by atoms with Crippen LogP contribution in [0.3, 0.4) is 0 Å². The second-order valence-electron chi connectivity index (χ2n) is 7.50. The van der Waals surface area contributed by atoms with Crippen LogP contribution in [0.2, 0.25) is 0 Å². The average molecular weight is 499 g/mol. The molecule has 1 atom stereocenters. The number of tetrazole rings is 1. The van der Waals surface area contributed by atoms with Crippen LogP contribution in [0.15, 0.2) is 28.3 Å². The SMILES string of the molecule is COc1ccc(NC(=O)CSc2nnnn2C[C@H]2CCCO2)cc1S(=O)(=O)N1CCOCC1. The number of hydrogen-bond donors (Lipinski definition) is 1. The number of rotatable bonds is 9. The molecule has 0 unspecified atom stereocenters. The van der Waals surface area contributed by atoms with E-state index >= 15 is 0 Å². The lowest BCUT2D eigenvalue weighted by Gasteiger charge is -2.26. The molecule has 1 aromatic heterocycles.